The maximum Gasteiger partial charge on any atom is 0.318 e. The molecule has 1 fully saturated rings. The Morgan fingerprint density at radius 2 is 1.85 bits per heavy atom. The van der Waals surface area contributed by atoms with Crippen molar-refractivity contribution in [1.29, 1.82) is 0 Å². The first-order valence-corrected chi connectivity index (χ1v) is 9.62. The first-order chi connectivity index (χ1) is 12.8. The normalized spacial score (nSPS) is 20.5. The summed E-state index contributed by atoms with van der Waals surface area (Å²) in [5.74, 6) is 0.832. The molecule has 0 saturated heterocycles. The molecule has 1 aliphatic carbocycles. The molecule has 1 aromatic carbocycles. The molecule has 26 heavy (non-hydrogen) atoms. The molecule has 2 heterocycles. The van der Waals surface area contributed by atoms with Crippen LogP contribution in [0.4, 0.5) is 4.79 Å². The second kappa shape index (κ2) is 7.44. The van der Waals surface area contributed by atoms with E-state index in [1.807, 2.05) is 17.0 Å². The van der Waals surface area contributed by atoms with Crippen LogP contribution in [-0.4, -0.2) is 35.2 Å². The molecule has 5 nitrogen and oxygen atoms in total. The Morgan fingerprint density at radius 3 is 2.58 bits per heavy atom. The summed E-state index contributed by atoms with van der Waals surface area (Å²) in [6.07, 6.45) is 8.03. The van der Waals surface area contributed by atoms with Crippen LogP contribution in [0, 0.1) is 0 Å². The summed E-state index contributed by atoms with van der Waals surface area (Å²) in [5, 5.41) is 3.29. The Kier molecular flexibility index (Phi) is 4.87. The molecule has 1 atom stereocenters. The highest BCUT2D eigenvalue weighted by Gasteiger charge is 2.33. The van der Waals surface area contributed by atoms with Crippen molar-refractivity contribution in [2.24, 2.45) is 0 Å². The van der Waals surface area contributed by atoms with Crippen molar-refractivity contribution in [3.63, 3.8) is 0 Å². The maximum atomic E-state index is 13.1. The fourth-order valence-electron chi connectivity index (χ4n) is 4.24. The summed E-state index contributed by atoms with van der Waals surface area (Å²) in [6.45, 7) is 1.56. The average Bonchev–Trinajstić information content (AvgIpc) is 3.17. The largest absolute Gasteiger partial charge is 0.497 e. The lowest BCUT2D eigenvalue weighted by Gasteiger charge is -2.38. The van der Waals surface area contributed by atoms with Gasteiger partial charge in [-0.15, -0.1) is 0 Å². The number of carbonyl (C=O) groups excluding carboxylic acids is 1. The number of nitrogens with zero attached hydrogens (tertiary/aromatic N) is 2. The van der Waals surface area contributed by atoms with E-state index in [-0.39, 0.29) is 12.1 Å². The van der Waals surface area contributed by atoms with Crippen LogP contribution in [0.5, 0.6) is 5.75 Å². The molecule has 5 heteroatoms. The number of hydrogen-bond donors (Lipinski definition) is 1. The summed E-state index contributed by atoms with van der Waals surface area (Å²) in [7, 11) is 1.67. The van der Waals surface area contributed by atoms with Crippen LogP contribution >= 0.6 is 0 Å². The fourth-order valence-corrected chi connectivity index (χ4v) is 4.24. The quantitative estimate of drug-likeness (QED) is 0.908. The van der Waals surface area contributed by atoms with Gasteiger partial charge in [0.2, 0.25) is 0 Å². The van der Waals surface area contributed by atoms with Gasteiger partial charge in [-0.25, -0.2) is 4.79 Å². The van der Waals surface area contributed by atoms with Crippen molar-refractivity contribution in [2.45, 2.75) is 50.7 Å². The molecule has 0 spiro atoms. The van der Waals surface area contributed by atoms with Gasteiger partial charge >= 0.3 is 6.03 Å². The summed E-state index contributed by atoms with van der Waals surface area (Å²) in [6, 6.07) is 12.6. The molecule has 0 bridgehead atoms. The smallest absolute Gasteiger partial charge is 0.318 e. The molecule has 1 N–H and O–H groups in total. The minimum absolute atomic E-state index is 0.0603. The molecule has 0 radical (unpaired) electrons. The first kappa shape index (κ1) is 17.0. The molecule has 2 amide bonds. The van der Waals surface area contributed by atoms with Crippen molar-refractivity contribution >= 4 is 6.03 Å². The molecule has 4 rings (SSSR count). The zero-order chi connectivity index (χ0) is 17.9. The van der Waals surface area contributed by atoms with Crippen molar-refractivity contribution in [3.05, 3.63) is 53.9 Å². The molecule has 1 aromatic heterocycles. The van der Waals surface area contributed by atoms with Crippen molar-refractivity contribution in [2.75, 3.05) is 13.7 Å². The molecule has 2 aromatic rings. The van der Waals surface area contributed by atoms with Gasteiger partial charge in [-0.2, -0.15) is 0 Å². The molecule has 0 unspecified atom stereocenters. The minimum Gasteiger partial charge on any atom is -0.497 e. The van der Waals surface area contributed by atoms with Gasteiger partial charge in [-0.05, 0) is 42.7 Å². The number of fused-ring (bicyclic) bond motifs is 1. The number of hydrogen-bond acceptors (Lipinski definition) is 2. The van der Waals surface area contributed by atoms with E-state index in [0.717, 1.165) is 37.2 Å². The maximum absolute atomic E-state index is 13.1. The third-order valence-corrected chi connectivity index (χ3v) is 5.66. The van der Waals surface area contributed by atoms with Gasteiger partial charge < -0.3 is 19.5 Å². The summed E-state index contributed by atoms with van der Waals surface area (Å²) < 4.78 is 7.54. The van der Waals surface area contributed by atoms with Crippen molar-refractivity contribution < 1.29 is 9.53 Å². The number of methoxy groups -OCH3 is 1. The van der Waals surface area contributed by atoms with Gasteiger partial charge in [0.1, 0.15) is 5.75 Å². The highest BCUT2D eigenvalue weighted by molar-refractivity contribution is 5.76. The number of nitrogens with one attached hydrogen (secondary N) is 1. The van der Waals surface area contributed by atoms with Gasteiger partial charge in [-0.3, -0.25) is 0 Å². The fraction of sp³-hybridized carbons (Fsp3) is 0.476. The number of carbonyl (C=O) groups is 1. The number of urea groups is 1. The van der Waals surface area contributed by atoms with Crippen LogP contribution in [0.3, 0.4) is 0 Å². The van der Waals surface area contributed by atoms with Crippen LogP contribution < -0.4 is 10.1 Å². The molecule has 2 aliphatic rings. The van der Waals surface area contributed by atoms with E-state index in [2.05, 4.69) is 40.3 Å². The average molecular weight is 353 g/mol. The van der Waals surface area contributed by atoms with Crippen LogP contribution in [0.15, 0.2) is 42.6 Å². The standard InChI is InChI=1S/C21H27N3O2/c1-26-18-11-9-16(10-12-18)20-19-8-5-13-23(19)14-15-24(20)21(25)22-17-6-3-2-4-7-17/h5,8-13,17,20H,2-4,6-7,14-15H2,1H3,(H,22,25)/t20-/m0/s1. The van der Waals surface area contributed by atoms with Crippen LogP contribution in [0.25, 0.3) is 0 Å². The van der Waals surface area contributed by atoms with E-state index in [4.69, 9.17) is 4.74 Å². The minimum atomic E-state index is -0.0618. The SMILES string of the molecule is COc1ccc([C@H]2c3cccn3CCN2C(=O)NC2CCCCC2)cc1. The zero-order valence-corrected chi connectivity index (χ0v) is 15.4. The third-order valence-electron chi connectivity index (χ3n) is 5.66. The van der Waals surface area contributed by atoms with E-state index in [1.54, 1.807) is 7.11 Å². The molecule has 138 valence electrons. The summed E-state index contributed by atoms with van der Waals surface area (Å²) >= 11 is 0. The van der Waals surface area contributed by atoms with E-state index in [9.17, 15) is 4.79 Å². The topological polar surface area (TPSA) is 46.5 Å². The molecular weight excluding hydrogens is 326 g/mol. The van der Waals surface area contributed by atoms with E-state index >= 15 is 0 Å². The van der Waals surface area contributed by atoms with Crippen molar-refractivity contribution in [3.8, 4) is 5.75 Å². The van der Waals surface area contributed by atoms with Gasteiger partial charge in [0, 0.05) is 31.0 Å². The van der Waals surface area contributed by atoms with Crippen LogP contribution in [-0.2, 0) is 6.54 Å². The lowest BCUT2D eigenvalue weighted by atomic mass is 9.95. The number of aromatic nitrogens is 1. The number of benzene rings is 1. The third kappa shape index (κ3) is 3.30. The van der Waals surface area contributed by atoms with E-state index in [0.29, 0.717) is 6.04 Å². The molecular formula is C21H27N3O2. The lowest BCUT2D eigenvalue weighted by molar-refractivity contribution is 0.162. The lowest BCUT2D eigenvalue weighted by Crippen LogP contribution is -2.50. The Bertz CT molecular complexity index is 747. The molecule has 1 aliphatic heterocycles. The Hall–Kier alpha value is -2.43. The monoisotopic (exact) mass is 353 g/mol. The number of rotatable bonds is 3. The highest BCUT2D eigenvalue weighted by Crippen LogP contribution is 2.33. The first-order valence-electron chi connectivity index (χ1n) is 9.62. The Morgan fingerprint density at radius 1 is 1.08 bits per heavy atom. The highest BCUT2D eigenvalue weighted by atomic mass is 16.5. The van der Waals surface area contributed by atoms with Gasteiger partial charge in [0.25, 0.3) is 0 Å². The van der Waals surface area contributed by atoms with Crippen LogP contribution in [0.1, 0.15) is 49.4 Å². The predicted molar refractivity (Wildman–Crippen MR) is 101 cm³/mol. The Balaban J connectivity index is 1.60. The second-order valence-electron chi connectivity index (χ2n) is 7.28. The summed E-state index contributed by atoms with van der Waals surface area (Å²) in [5.41, 5.74) is 2.28. The van der Waals surface area contributed by atoms with Gasteiger partial charge in [0.15, 0.2) is 0 Å². The van der Waals surface area contributed by atoms with E-state index < -0.39 is 0 Å². The number of ether oxygens (including phenoxy) is 1. The predicted octanol–water partition coefficient (Wildman–Crippen LogP) is 3.94. The molecule has 1 saturated carbocycles. The summed E-state index contributed by atoms with van der Waals surface area (Å²) in [4.78, 5) is 15.1. The van der Waals surface area contributed by atoms with E-state index in [1.165, 1.54) is 25.0 Å². The van der Waals surface area contributed by atoms with Crippen molar-refractivity contribution in [1.82, 2.24) is 14.8 Å². The number of amides is 2. The van der Waals surface area contributed by atoms with Gasteiger partial charge in [0.05, 0.1) is 13.2 Å². The second-order valence-corrected chi connectivity index (χ2v) is 7.28. The zero-order valence-electron chi connectivity index (χ0n) is 15.4. The Labute approximate surface area is 154 Å². The van der Waals surface area contributed by atoms with Crippen LogP contribution in [0.2, 0.25) is 0 Å². The van der Waals surface area contributed by atoms with Gasteiger partial charge in [-0.1, -0.05) is 31.4 Å².